The van der Waals surface area contributed by atoms with Gasteiger partial charge in [0.2, 0.25) is 0 Å². The molecule has 0 aromatic rings. The lowest BCUT2D eigenvalue weighted by atomic mass is 9.87. The second-order valence-electron chi connectivity index (χ2n) is 4.47. The normalized spacial score (nSPS) is 31.5. The highest BCUT2D eigenvalue weighted by atomic mass is 16.5. The van der Waals surface area contributed by atoms with Gasteiger partial charge in [-0.25, -0.2) is 0 Å². The minimum absolute atomic E-state index is 0.176. The predicted octanol–water partition coefficient (Wildman–Crippen LogP) is 2.79. The van der Waals surface area contributed by atoms with E-state index in [4.69, 9.17) is 4.74 Å². The Hall–Kier alpha value is -0.790. The highest BCUT2D eigenvalue weighted by molar-refractivity contribution is 5.65. The van der Waals surface area contributed by atoms with Crippen LogP contribution in [0.1, 0.15) is 33.6 Å². The zero-order chi connectivity index (χ0) is 10.7. The zero-order valence-corrected chi connectivity index (χ0v) is 9.38. The molecule has 1 fully saturated rings. The number of carbonyl (C=O) groups excluding carboxylic acids is 1. The van der Waals surface area contributed by atoms with Crippen molar-refractivity contribution >= 4 is 5.97 Å². The summed E-state index contributed by atoms with van der Waals surface area (Å²) in [6.07, 6.45) is 2.42. The first-order valence-corrected chi connectivity index (χ1v) is 5.31. The Morgan fingerprint density at radius 2 is 2.07 bits per heavy atom. The summed E-state index contributed by atoms with van der Waals surface area (Å²) in [5.74, 6) is 1.50. The molecule has 0 aromatic carbocycles. The van der Waals surface area contributed by atoms with Gasteiger partial charge in [-0.3, -0.25) is 4.79 Å². The molecule has 1 saturated carbocycles. The lowest BCUT2D eigenvalue weighted by Gasteiger charge is -2.22. The Balaban J connectivity index is 2.53. The van der Waals surface area contributed by atoms with Crippen LogP contribution in [0, 0.1) is 17.8 Å². The summed E-state index contributed by atoms with van der Waals surface area (Å²) in [6.45, 7) is 10.3. The lowest BCUT2D eigenvalue weighted by Crippen LogP contribution is -2.21. The molecular weight excluding hydrogens is 176 g/mol. The maximum atomic E-state index is 10.7. The number of hydrogen-bond donors (Lipinski definition) is 0. The summed E-state index contributed by atoms with van der Waals surface area (Å²) in [5, 5.41) is 0. The Bertz CT molecular complexity index is 232. The smallest absolute Gasteiger partial charge is 0.302 e. The summed E-state index contributed by atoms with van der Waals surface area (Å²) in [4.78, 5) is 10.7. The lowest BCUT2D eigenvalue weighted by molar-refractivity contribution is -0.142. The summed E-state index contributed by atoms with van der Waals surface area (Å²) in [6, 6.07) is 0. The van der Waals surface area contributed by atoms with Crippen LogP contribution in [0.5, 0.6) is 0 Å². The third kappa shape index (κ3) is 2.60. The first-order chi connectivity index (χ1) is 6.52. The van der Waals surface area contributed by atoms with Gasteiger partial charge in [0, 0.05) is 12.8 Å². The van der Waals surface area contributed by atoms with E-state index in [0.717, 1.165) is 0 Å². The van der Waals surface area contributed by atoms with Crippen LogP contribution in [0.15, 0.2) is 12.2 Å². The number of carbonyl (C=O) groups is 1. The Morgan fingerprint density at radius 1 is 1.43 bits per heavy atom. The molecule has 0 N–H and O–H groups in total. The molecule has 2 heteroatoms. The van der Waals surface area contributed by atoms with Crippen molar-refractivity contribution in [2.45, 2.75) is 33.6 Å². The SMILES string of the molecule is C=C(C)C1CCC(C)C1COC(C)=O. The minimum atomic E-state index is -0.176. The first kappa shape index (κ1) is 11.3. The monoisotopic (exact) mass is 196 g/mol. The highest BCUT2D eigenvalue weighted by Crippen LogP contribution is 2.40. The Morgan fingerprint density at radius 3 is 2.57 bits per heavy atom. The van der Waals surface area contributed by atoms with E-state index < -0.39 is 0 Å². The standard InChI is InChI=1S/C12H20O2/c1-8(2)11-6-5-9(3)12(11)7-14-10(4)13/h9,11-12H,1,5-7H2,2-4H3. The third-order valence-corrected chi connectivity index (χ3v) is 3.29. The van der Waals surface area contributed by atoms with E-state index in [-0.39, 0.29) is 5.97 Å². The van der Waals surface area contributed by atoms with Gasteiger partial charge in [-0.05, 0) is 31.6 Å². The van der Waals surface area contributed by atoms with Crippen molar-refractivity contribution in [1.82, 2.24) is 0 Å². The van der Waals surface area contributed by atoms with Crippen LogP contribution >= 0.6 is 0 Å². The molecule has 2 nitrogen and oxygen atoms in total. The fourth-order valence-electron chi connectivity index (χ4n) is 2.37. The molecule has 14 heavy (non-hydrogen) atoms. The van der Waals surface area contributed by atoms with E-state index >= 15 is 0 Å². The number of allylic oxidation sites excluding steroid dienone is 1. The van der Waals surface area contributed by atoms with Gasteiger partial charge < -0.3 is 4.74 Å². The quantitative estimate of drug-likeness (QED) is 0.512. The minimum Gasteiger partial charge on any atom is -0.466 e. The number of esters is 1. The fraction of sp³-hybridized carbons (Fsp3) is 0.750. The average molecular weight is 196 g/mol. The molecule has 3 unspecified atom stereocenters. The van der Waals surface area contributed by atoms with Crippen molar-refractivity contribution in [2.75, 3.05) is 6.61 Å². The molecule has 3 atom stereocenters. The molecule has 0 aromatic heterocycles. The molecular formula is C12H20O2. The molecule has 0 saturated heterocycles. The van der Waals surface area contributed by atoms with Crippen molar-refractivity contribution < 1.29 is 9.53 Å². The Kier molecular flexibility index (Phi) is 3.73. The third-order valence-electron chi connectivity index (χ3n) is 3.29. The van der Waals surface area contributed by atoms with Crippen molar-refractivity contribution in [1.29, 1.82) is 0 Å². The van der Waals surface area contributed by atoms with Gasteiger partial charge in [0.05, 0.1) is 6.61 Å². The maximum absolute atomic E-state index is 10.7. The number of ether oxygens (including phenoxy) is 1. The second kappa shape index (κ2) is 4.63. The van der Waals surface area contributed by atoms with Crippen molar-refractivity contribution in [3.63, 3.8) is 0 Å². The number of hydrogen-bond acceptors (Lipinski definition) is 2. The molecule has 0 heterocycles. The topological polar surface area (TPSA) is 26.3 Å². The van der Waals surface area contributed by atoms with Crippen LogP contribution in [0.25, 0.3) is 0 Å². The molecule has 1 aliphatic rings. The number of rotatable bonds is 3. The van der Waals surface area contributed by atoms with Crippen LogP contribution in [0.3, 0.4) is 0 Å². The van der Waals surface area contributed by atoms with E-state index in [2.05, 4.69) is 20.4 Å². The van der Waals surface area contributed by atoms with Gasteiger partial charge >= 0.3 is 5.97 Å². The van der Waals surface area contributed by atoms with Gasteiger partial charge in [0.25, 0.3) is 0 Å². The van der Waals surface area contributed by atoms with E-state index in [1.54, 1.807) is 0 Å². The Labute approximate surface area is 86.3 Å². The average Bonchev–Trinajstić information content (AvgIpc) is 2.43. The van der Waals surface area contributed by atoms with Crippen LogP contribution in [-0.2, 0) is 9.53 Å². The summed E-state index contributed by atoms with van der Waals surface area (Å²) < 4.78 is 5.10. The van der Waals surface area contributed by atoms with Crippen LogP contribution in [0.4, 0.5) is 0 Å². The van der Waals surface area contributed by atoms with E-state index in [1.807, 2.05) is 0 Å². The van der Waals surface area contributed by atoms with Crippen molar-refractivity contribution in [3.05, 3.63) is 12.2 Å². The molecule has 0 aliphatic heterocycles. The van der Waals surface area contributed by atoms with Gasteiger partial charge in [0.1, 0.15) is 0 Å². The van der Waals surface area contributed by atoms with E-state index in [9.17, 15) is 4.79 Å². The van der Waals surface area contributed by atoms with Crippen LogP contribution in [-0.4, -0.2) is 12.6 Å². The van der Waals surface area contributed by atoms with Gasteiger partial charge in [-0.1, -0.05) is 19.1 Å². The molecule has 1 aliphatic carbocycles. The van der Waals surface area contributed by atoms with Crippen molar-refractivity contribution in [2.24, 2.45) is 17.8 Å². The second-order valence-corrected chi connectivity index (χ2v) is 4.47. The van der Waals surface area contributed by atoms with Gasteiger partial charge in [-0.2, -0.15) is 0 Å². The molecule has 0 spiro atoms. The zero-order valence-electron chi connectivity index (χ0n) is 9.38. The molecule has 80 valence electrons. The summed E-state index contributed by atoms with van der Waals surface area (Å²) in [5.41, 5.74) is 1.23. The highest BCUT2D eigenvalue weighted by Gasteiger charge is 2.34. The largest absolute Gasteiger partial charge is 0.466 e. The maximum Gasteiger partial charge on any atom is 0.302 e. The molecule has 0 radical (unpaired) electrons. The van der Waals surface area contributed by atoms with E-state index in [1.165, 1.54) is 25.3 Å². The molecule has 0 amide bonds. The first-order valence-electron chi connectivity index (χ1n) is 5.31. The fourth-order valence-corrected chi connectivity index (χ4v) is 2.37. The van der Waals surface area contributed by atoms with Crippen molar-refractivity contribution in [3.8, 4) is 0 Å². The summed E-state index contributed by atoms with van der Waals surface area (Å²) >= 11 is 0. The summed E-state index contributed by atoms with van der Waals surface area (Å²) in [7, 11) is 0. The van der Waals surface area contributed by atoms with Crippen LogP contribution in [0.2, 0.25) is 0 Å². The molecule has 0 bridgehead atoms. The van der Waals surface area contributed by atoms with E-state index in [0.29, 0.717) is 24.4 Å². The van der Waals surface area contributed by atoms with Gasteiger partial charge in [0.15, 0.2) is 0 Å². The predicted molar refractivity (Wildman–Crippen MR) is 56.8 cm³/mol. The van der Waals surface area contributed by atoms with Crippen LogP contribution < -0.4 is 0 Å². The molecule has 1 rings (SSSR count). The van der Waals surface area contributed by atoms with Gasteiger partial charge in [-0.15, -0.1) is 0 Å².